The van der Waals surface area contributed by atoms with Crippen LogP contribution in [0.1, 0.15) is 30.6 Å². The highest BCUT2D eigenvalue weighted by Crippen LogP contribution is 2.15. The molecule has 1 aromatic rings. The highest BCUT2D eigenvalue weighted by molar-refractivity contribution is 7.89. The Labute approximate surface area is 114 Å². The minimum absolute atomic E-state index is 0.0570. The molecule has 1 amide bonds. The standard InChI is InChI=1S/C13H20N2O3S/c1-5-10(2)14-13(16)11-7-6-8-12(9-11)19(17,18)15(3)4/h6-10H,5H2,1-4H3,(H,14,16)/t10-/m0/s1. The van der Waals surface area contributed by atoms with Crippen molar-refractivity contribution in [3.8, 4) is 0 Å². The Hall–Kier alpha value is -1.40. The highest BCUT2D eigenvalue weighted by Gasteiger charge is 2.18. The third kappa shape index (κ3) is 3.78. The molecule has 6 heteroatoms. The van der Waals surface area contributed by atoms with E-state index in [4.69, 9.17) is 0 Å². The van der Waals surface area contributed by atoms with E-state index in [1.54, 1.807) is 12.1 Å². The van der Waals surface area contributed by atoms with Crippen molar-refractivity contribution >= 4 is 15.9 Å². The van der Waals surface area contributed by atoms with Gasteiger partial charge in [-0.1, -0.05) is 13.0 Å². The maximum atomic E-state index is 12.0. The summed E-state index contributed by atoms with van der Waals surface area (Å²) in [4.78, 5) is 12.1. The summed E-state index contributed by atoms with van der Waals surface area (Å²) in [5.74, 6) is -0.259. The summed E-state index contributed by atoms with van der Waals surface area (Å²) in [7, 11) is -0.594. The molecule has 0 unspecified atom stereocenters. The third-order valence-corrected chi connectivity index (χ3v) is 4.68. The number of hydrogen-bond donors (Lipinski definition) is 1. The van der Waals surface area contributed by atoms with Crippen LogP contribution in [0.3, 0.4) is 0 Å². The number of benzene rings is 1. The second-order valence-corrected chi connectivity index (χ2v) is 6.75. The van der Waals surface area contributed by atoms with E-state index in [0.717, 1.165) is 10.7 Å². The zero-order chi connectivity index (χ0) is 14.6. The quantitative estimate of drug-likeness (QED) is 0.890. The van der Waals surface area contributed by atoms with Gasteiger partial charge in [-0.15, -0.1) is 0 Å². The van der Waals surface area contributed by atoms with Gasteiger partial charge >= 0.3 is 0 Å². The summed E-state index contributed by atoms with van der Waals surface area (Å²) in [6.45, 7) is 3.87. The lowest BCUT2D eigenvalue weighted by Crippen LogP contribution is -2.32. The lowest BCUT2D eigenvalue weighted by Gasteiger charge is -2.14. The molecular formula is C13H20N2O3S. The van der Waals surface area contributed by atoms with Crippen molar-refractivity contribution in [2.45, 2.75) is 31.2 Å². The molecule has 0 fully saturated rings. The molecule has 1 N–H and O–H groups in total. The molecule has 0 aliphatic rings. The number of nitrogens with one attached hydrogen (secondary N) is 1. The van der Waals surface area contributed by atoms with E-state index in [-0.39, 0.29) is 16.8 Å². The Kier molecular flexibility index (Phi) is 5.08. The first kappa shape index (κ1) is 15.7. The zero-order valence-electron chi connectivity index (χ0n) is 11.7. The molecule has 0 aliphatic heterocycles. The van der Waals surface area contributed by atoms with Gasteiger partial charge in [0.1, 0.15) is 0 Å². The van der Waals surface area contributed by atoms with E-state index in [0.29, 0.717) is 5.56 Å². The molecule has 0 bridgehead atoms. The molecular weight excluding hydrogens is 264 g/mol. The molecule has 0 spiro atoms. The van der Waals surface area contributed by atoms with Crippen LogP contribution >= 0.6 is 0 Å². The van der Waals surface area contributed by atoms with E-state index < -0.39 is 10.0 Å². The van der Waals surface area contributed by atoms with Crippen LogP contribution in [0.25, 0.3) is 0 Å². The van der Waals surface area contributed by atoms with Crippen LogP contribution in [-0.2, 0) is 10.0 Å². The lowest BCUT2D eigenvalue weighted by atomic mass is 10.2. The molecule has 0 aliphatic carbocycles. The zero-order valence-corrected chi connectivity index (χ0v) is 12.5. The van der Waals surface area contributed by atoms with Gasteiger partial charge in [0.25, 0.3) is 5.91 Å². The molecule has 1 atom stereocenters. The van der Waals surface area contributed by atoms with Crippen LogP contribution in [0.2, 0.25) is 0 Å². The van der Waals surface area contributed by atoms with Gasteiger partial charge in [0.05, 0.1) is 4.90 Å². The highest BCUT2D eigenvalue weighted by atomic mass is 32.2. The maximum absolute atomic E-state index is 12.0. The molecule has 1 rings (SSSR count). The molecule has 5 nitrogen and oxygen atoms in total. The Balaban J connectivity index is 3.05. The van der Waals surface area contributed by atoms with Crippen molar-refractivity contribution in [3.05, 3.63) is 29.8 Å². The van der Waals surface area contributed by atoms with E-state index in [1.807, 2.05) is 13.8 Å². The number of amides is 1. The second-order valence-electron chi connectivity index (χ2n) is 4.60. The molecule has 0 heterocycles. The number of hydrogen-bond acceptors (Lipinski definition) is 3. The molecule has 0 radical (unpaired) electrons. The van der Waals surface area contributed by atoms with Gasteiger partial charge in [0.15, 0.2) is 0 Å². The molecule has 0 saturated carbocycles. The Bertz CT molecular complexity index is 553. The SMILES string of the molecule is CC[C@H](C)NC(=O)c1cccc(S(=O)(=O)N(C)C)c1. The monoisotopic (exact) mass is 284 g/mol. The topological polar surface area (TPSA) is 66.5 Å². The number of sulfonamides is 1. The lowest BCUT2D eigenvalue weighted by molar-refractivity contribution is 0.0939. The number of carbonyl (C=O) groups is 1. The number of carbonyl (C=O) groups excluding carboxylic acids is 1. The van der Waals surface area contributed by atoms with Gasteiger partial charge in [-0.25, -0.2) is 12.7 Å². The Morgan fingerprint density at radius 1 is 1.37 bits per heavy atom. The third-order valence-electron chi connectivity index (χ3n) is 2.86. The van der Waals surface area contributed by atoms with Gasteiger partial charge in [0, 0.05) is 25.7 Å². The van der Waals surface area contributed by atoms with Crippen LogP contribution in [-0.4, -0.2) is 38.8 Å². The van der Waals surface area contributed by atoms with E-state index in [9.17, 15) is 13.2 Å². The minimum Gasteiger partial charge on any atom is -0.350 e. The average molecular weight is 284 g/mol. The van der Waals surface area contributed by atoms with Gasteiger partial charge in [-0.3, -0.25) is 4.79 Å². The van der Waals surface area contributed by atoms with Crippen molar-refractivity contribution in [3.63, 3.8) is 0 Å². The van der Waals surface area contributed by atoms with Crippen LogP contribution in [0, 0.1) is 0 Å². The summed E-state index contributed by atoms with van der Waals surface area (Å²) in [5.41, 5.74) is 0.350. The summed E-state index contributed by atoms with van der Waals surface area (Å²) < 4.78 is 25.1. The normalized spacial score (nSPS) is 13.3. The first-order valence-corrected chi connectivity index (χ1v) is 7.56. The van der Waals surface area contributed by atoms with Crippen LogP contribution < -0.4 is 5.32 Å². The molecule has 106 valence electrons. The summed E-state index contributed by atoms with van der Waals surface area (Å²) in [6, 6.07) is 6.11. The maximum Gasteiger partial charge on any atom is 0.251 e. The Morgan fingerprint density at radius 3 is 2.53 bits per heavy atom. The van der Waals surface area contributed by atoms with Gasteiger partial charge in [-0.05, 0) is 31.5 Å². The fraction of sp³-hybridized carbons (Fsp3) is 0.462. The first-order valence-electron chi connectivity index (χ1n) is 6.12. The fourth-order valence-electron chi connectivity index (χ4n) is 1.42. The van der Waals surface area contributed by atoms with Gasteiger partial charge < -0.3 is 5.32 Å². The smallest absolute Gasteiger partial charge is 0.251 e. The van der Waals surface area contributed by atoms with E-state index in [1.165, 1.54) is 26.2 Å². The number of nitrogens with zero attached hydrogens (tertiary/aromatic N) is 1. The van der Waals surface area contributed by atoms with Crippen molar-refractivity contribution in [2.24, 2.45) is 0 Å². The fourth-order valence-corrected chi connectivity index (χ4v) is 2.37. The molecule has 0 saturated heterocycles. The van der Waals surface area contributed by atoms with Crippen molar-refractivity contribution in [2.75, 3.05) is 14.1 Å². The molecule has 1 aromatic carbocycles. The van der Waals surface area contributed by atoms with Crippen molar-refractivity contribution < 1.29 is 13.2 Å². The molecule has 19 heavy (non-hydrogen) atoms. The minimum atomic E-state index is -3.51. The summed E-state index contributed by atoms with van der Waals surface area (Å²) in [5, 5.41) is 2.81. The van der Waals surface area contributed by atoms with Gasteiger partial charge in [0.2, 0.25) is 10.0 Å². The van der Waals surface area contributed by atoms with Crippen LogP contribution in [0.5, 0.6) is 0 Å². The molecule has 0 aromatic heterocycles. The van der Waals surface area contributed by atoms with Crippen molar-refractivity contribution in [1.29, 1.82) is 0 Å². The predicted molar refractivity (Wildman–Crippen MR) is 74.5 cm³/mol. The van der Waals surface area contributed by atoms with E-state index >= 15 is 0 Å². The summed E-state index contributed by atoms with van der Waals surface area (Å²) >= 11 is 0. The predicted octanol–water partition coefficient (Wildman–Crippen LogP) is 1.47. The Morgan fingerprint density at radius 2 is 2.00 bits per heavy atom. The average Bonchev–Trinajstić information content (AvgIpc) is 2.38. The second kappa shape index (κ2) is 6.16. The summed E-state index contributed by atoms with van der Waals surface area (Å²) in [6.07, 6.45) is 0.821. The largest absolute Gasteiger partial charge is 0.350 e. The van der Waals surface area contributed by atoms with Crippen LogP contribution in [0.15, 0.2) is 29.2 Å². The first-order chi connectivity index (χ1) is 8.78. The number of rotatable bonds is 5. The van der Waals surface area contributed by atoms with E-state index in [2.05, 4.69) is 5.32 Å². The van der Waals surface area contributed by atoms with Crippen molar-refractivity contribution in [1.82, 2.24) is 9.62 Å². The van der Waals surface area contributed by atoms with Crippen LogP contribution in [0.4, 0.5) is 0 Å². The van der Waals surface area contributed by atoms with Gasteiger partial charge in [-0.2, -0.15) is 0 Å².